The molecule has 1 aromatic heterocycles. The van der Waals surface area contributed by atoms with E-state index < -0.39 is 0 Å². The van der Waals surface area contributed by atoms with Gasteiger partial charge in [-0.3, -0.25) is 4.79 Å². The van der Waals surface area contributed by atoms with Gasteiger partial charge in [-0.2, -0.15) is 5.10 Å². The summed E-state index contributed by atoms with van der Waals surface area (Å²) in [5.41, 5.74) is 3.81. The van der Waals surface area contributed by atoms with Crippen molar-refractivity contribution >= 4 is 17.5 Å². The van der Waals surface area contributed by atoms with Crippen LogP contribution in [-0.2, 0) is 11.2 Å². The van der Waals surface area contributed by atoms with E-state index in [1.54, 1.807) is 0 Å². The Kier molecular flexibility index (Phi) is 4.68. The fraction of sp³-hybridized carbons (Fsp3) is 0.412. The Balaban J connectivity index is 1.77. The molecule has 0 saturated carbocycles. The van der Waals surface area contributed by atoms with Gasteiger partial charge in [-0.25, -0.2) is 4.68 Å². The highest BCUT2D eigenvalue weighted by atomic mass is 35.5. The van der Waals surface area contributed by atoms with E-state index in [0.29, 0.717) is 11.4 Å². The number of rotatable bonds is 4. The molecule has 2 heterocycles. The first kappa shape index (κ1) is 16.0. The Hall–Kier alpha value is -1.85. The lowest BCUT2D eigenvalue weighted by molar-refractivity contribution is -0.121. The Morgan fingerprint density at radius 3 is 2.78 bits per heavy atom. The third-order valence-corrected chi connectivity index (χ3v) is 4.53. The second-order valence-corrected chi connectivity index (χ2v) is 6.41. The average molecular weight is 333 g/mol. The van der Waals surface area contributed by atoms with Crippen molar-refractivity contribution in [1.82, 2.24) is 20.4 Å². The van der Waals surface area contributed by atoms with Crippen molar-refractivity contribution in [2.45, 2.75) is 32.7 Å². The molecule has 3 rings (SSSR count). The Morgan fingerprint density at radius 1 is 1.39 bits per heavy atom. The summed E-state index contributed by atoms with van der Waals surface area (Å²) in [5, 5.41) is 11.6. The monoisotopic (exact) mass is 332 g/mol. The predicted octanol–water partition coefficient (Wildman–Crippen LogP) is 2.16. The number of nitrogens with zero attached hydrogens (tertiary/aromatic N) is 2. The van der Waals surface area contributed by atoms with Crippen molar-refractivity contribution in [2.75, 3.05) is 13.1 Å². The van der Waals surface area contributed by atoms with Gasteiger partial charge < -0.3 is 10.6 Å². The summed E-state index contributed by atoms with van der Waals surface area (Å²) in [4.78, 5) is 12.3. The van der Waals surface area contributed by atoms with Gasteiger partial charge in [-0.15, -0.1) is 0 Å². The summed E-state index contributed by atoms with van der Waals surface area (Å²) < 4.78 is 1.87. The number of hydrogen-bond donors (Lipinski definition) is 2. The molecule has 1 aliphatic rings. The molecule has 0 aliphatic carbocycles. The Morgan fingerprint density at radius 2 is 2.13 bits per heavy atom. The maximum absolute atomic E-state index is 12.3. The minimum absolute atomic E-state index is 0.0561. The lowest BCUT2D eigenvalue weighted by Gasteiger charge is -2.11. The molecule has 1 aromatic carbocycles. The Bertz CT molecular complexity index is 702. The molecule has 2 N–H and O–H groups in total. The average Bonchev–Trinajstić information content (AvgIpc) is 3.12. The fourth-order valence-electron chi connectivity index (χ4n) is 2.98. The molecule has 0 bridgehead atoms. The van der Waals surface area contributed by atoms with Gasteiger partial charge in [-0.05, 0) is 51.1 Å². The van der Waals surface area contributed by atoms with Gasteiger partial charge in [0.15, 0.2) is 0 Å². The number of hydrogen-bond acceptors (Lipinski definition) is 3. The SMILES string of the molecule is Cc1nn(-c2ccc(Cl)cc2)c(C)c1CC(=O)NC1CCNC1. The van der Waals surface area contributed by atoms with E-state index in [1.807, 2.05) is 42.8 Å². The second kappa shape index (κ2) is 6.72. The molecule has 122 valence electrons. The molecule has 2 aromatic rings. The van der Waals surface area contributed by atoms with Crippen LogP contribution in [0.15, 0.2) is 24.3 Å². The van der Waals surface area contributed by atoms with Crippen molar-refractivity contribution in [3.8, 4) is 5.69 Å². The maximum Gasteiger partial charge on any atom is 0.224 e. The van der Waals surface area contributed by atoms with E-state index in [2.05, 4.69) is 15.7 Å². The Labute approximate surface area is 141 Å². The molecular formula is C17H21ClN4O. The van der Waals surface area contributed by atoms with E-state index >= 15 is 0 Å². The summed E-state index contributed by atoms with van der Waals surface area (Å²) in [6, 6.07) is 7.78. The molecule has 0 radical (unpaired) electrons. The van der Waals surface area contributed by atoms with Gasteiger partial charge in [0.25, 0.3) is 0 Å². The summed E-state index contributed by atoms with van der Waals surface area (Å²) >= 11 is 5.94. The smallest absolute Gasteiger partial charge is 0.224 e. The summed E-state index contributed by atoms with van der Waals surface area (Å²) in [6.45, 7) is 5.76. The van der Waals surface area contributed by atoms with Crippen molar-refractivity contribution in [3.63, 3.8) is 0 Å². The van der Waals surface area contributed by atoms with Crippen LogP contribution in [0.3, 0.4) is 0 Å². The normalized spacial score (nSPS) is 17.4. The molecular weight excluding hydrogens is 312 g/mol. The zero-order valence-electron chi connectivity index (χ0n) is 13.4. The van der Waals surface area contributed by atoms with Crippen molar-refractivity contribution in [3.05, 3.63) is 46.2 Å². The molecule has 1 atom stereocenters. The molecule has 1 saturated heterocycles. The summed E-state index contributed by atoms with van der Waals surface area (Å²) in [6.07, 6.45) is 1.36. The number of aromatic nitrogens is 2. The highest BCUT2D eigenvalue weighted by Crippen LogP contribution is 2.20. The first-order valence-electron chi connectivity index (χ1n) is 7.85. The molecule has 6 heteroatoms. The number of halogens is 1. The topological polar surface area (TPSA) is 59.0 Å². The van der Waals surface area contributed by atoms with Crippen LogP contribution >= 0.6 is 11.6 Å². The van der Waals surface area contributed by atoms with Crippen LogP contribution < -0.4 is 10.6 Å². The van der Waals surface area contributed by atoms with Crippen LogP contribution in [0.4, 0.5) is 0 Å². The van der Waals surface area contributed by atoms with Crippen molar-refractivity contribution in [1.29, 1.82) is 0 Å². The van der Waals surface area contributed by atoms with Gasteiger partial charge in [-0.1, -0.05) is 11.6 Å². The highest BCUT2D eigenvalue weighted by molar-refractivity contribution is 6.30. The van der Waals surface area contributed by atoms with Gasteiger partial charge in [0.1, 0.15) is 0 Å². The minimum Gasteiger partial charge on any atom is -0.352 e. The standard InChI is InChI=1S/C17H21ClN4O/c1-11-16(9-17(23)20-14-7-8-19-10-14)12(2)22(21-11)15-5-3-13(18)4-6-15/h3-6,14,19H,7-10H2,1-2H3,(H,20,23). The second-order valence-electron chi connectivity index (χ2n) is 5.97. The van der Waals surface area contributed by atoms with Crippen LogP contribution in [0.2, 0.25) is 5.02 Å². The van der Waals surface area contributed by atoms with Crippen LogP contribution in [-0.4, -0.2) is 34.8 Å². The fourth-order valence-corrected chi connectivity index (χ4v) is 3.11. The molecule has 1 fully saturated rings. The van der Waals surface area contributed by atoms with E-state index in [0.717, 1.165) is 42.1 Å². The van der Waals surface area contributed by atoms with Crippen LogP contribution in [0.25, 0.3) is 5.69 Å². The largest absolute Gasteiger partial charge is 0.352 e. The first-order valence-corrected chi connectivity index (χ1v) is 8.23. The van der Waals surface area contributed by atoms with E-state index in [4.69, 9.17) is 11.6 Å². The van der Waals surface area contributed by atoms with Crippen LogP contribution in [0.1, 0.15) is 23.4 Å². The van der Waals surface area contributed by atoms with Gasteiger partial charge in [0, 0.05) is 28.9 Å². The summed E-state index contributed by atoms with van der Waals surface area (Å²) in [7, 11) is 0. The lowest BCUT2D eigenvalue weighted by atomic mass is 10.1. The quantitative estimate of drug-likeness (QED) is 0.902. The molecule has 23 heavy (non-hydrogen) atoms. The maximum atomic E-state index is 12.3. The molecule has 1 aliphatic heterocycles. The van der Waals surface area contributed by atoms with Gasteiger partial charge >= 0.3 is 0 Å². The summed E-state index contributed by atoms with van der Waals surface area (Å²) in [5.74, 6) is 0.0561. The predicted molar refractivity (Wildman–Crippen MR) is 91.2 cm³/mol. The zero-order valence-corrected chi connectivity index (χ0v) is 14.2. The molecule has 5 nitrogen and oxygen atoms in total. The van der Waals surface area contributed by atoms with E-state index in [9.17, 15) is 4.79 Å². The number of amides is 1. The van der Waals surface area contributed by atoms with Crippen molar-refractivity contribution in [2.24, 2.45) is 0 Å². The molecule has 1 unspecified atom stereocenters. The van der Waals surface area contributed by atoms with Crippen molar-refractivity contribution < 1.29 is 4.79 Å². The van der Waals surface area contributed by atoms with Crippen LogP contribution in [0, 0.1) is 13.8 Å². The number of carbonyl (C=O) groups is 1. The lowest BCUT2D eigenvalue weighted by Crippen LogP contribution is -2.37. The van der Waals surface area contributed by atoms with Crippen LogP contribution in [0.5, 0.6) is 0 Å². The molecule has 1 amide bonds. The third kappa shape index (κ3) is 3.57. The molecule has 0 spiro atoms. The van der Waals surface area contributed by atoms with E-state index in [1.165, 1.54) is 0 Å². The first-order chi connectivity index (χ1) is 11.0. The van der Waals surface area contributed by atoms with E-state index in [-0.39, 0.29) is 11.9 Å². The number of nitrogens with one attached hydrogen (secondary N) is 2. The highest BCUT2D eigenvalue weighted by Gasteiger charge is 2.20. The minimum atomic E-state index is 0.0561. The number of aryl methyl sites for hydroxylation is 1. The van der Waals surface area contributed by atoms with Gasteiger partial charge in [0.05, 0.1) is 17.8 Å². The zero-order chi connectivity index (χ0) is 16.4. The number of carbonyl (C=O) groups excluding carboxylic acids is 1. The van der Waals surface area contributed by atoms with Gasteiger partial charge in [0.2, 0.25) is 5.91 Å². The number of benzene rings is 1. The third-order valence-electron chi connectivity index (χ3n) is 4.28.